The topological polar surface area (TPSA) is 56.0 Å². The van der Waals surface area contributed by atoms with Gasteiger partial charge in [-0.2, -0.15) is 18.2 Å². The van der Waals surface area contributed by atoms with Gasteiger partial charge in [-0.3, -0.25) is 4.79 Å². The van der Waals surface area contributed by atoms with Crippen molar-refractivity contribution in [3.8, 4) is 11.4 Å². The highest BCUT2D eigenvalue weighted by molar-refractivity contribution is 5.80. The quantitative estimate of drug-likeness (QED) is 0.807. The molecule has 2 aromatic rings. The lowest BCUT2D eigenvalue weighted by atomic mass is 10.0. The Morgan fingerprint density at radius 2 is 1.91 bits per heavy atom. The molecule has 1 aromatic heterocycles. The van der Waals surface area contributed by atoms with Gasteiger partial charge in [0.15, 0.2) is 0 Å². The van der Waals surface area contributed by atoms with Gasteiger partial charge in [0.2, 0.25) is 5.82 Å². The van der Waals surface area contributed by atoms with Gasteiger partial charge in [-0.05, 0) is 12.0 Å². The second-order valence-electron chi connectivity index (χ2n) is 4.94. The number of aromatic nitrogens is 2. The van der Waals surface area contributed by atoms with Crippen LogP contribution >= 0.6 is 0 Å². The highest BCUT2D eigenvalue weighted by atomic mass is 19.4. The summed E-state index contributed by atoms with van der Waals surface area (Å²) < 4.78 is 41.4. The lowest BCUT2D eigenvalue weighted by molar-refractivity contribution is -0.159. The molecule has 0 atom stereocenters. The maximum atomic E-state index is 12.4. The van der Waals surface area contributed by atoms with Crippen molar-refractivity contribution >= 4 is 5.78 Å². The lowest BCUT2D eigenvalue weighted by Gasteiger charge is -2.01. The number of rotatable bonds is 6. The molecule has 2 rings (SSSR count). The van der Waals surface area contributed by atoms with Crippen LogP contribution in [0.2, 0.25) is 0 Å². The fourth-order valence-corrected chi connectivity index (χ4v) is 1.92. The van der Waals surface area contributed by atoms with Gasteiger partial charge >= 0.3 is 12.1 Å². The molecule has 0 aliphatic rings. The van der Waals surface area contributed by atoms with Crippen LogP contribution in [0.5, 0.6) is 0 Å². The molecule has 0 amide bonds. The average Bonchev–Trinajstić information content (AvgIpc) is 2.96. The normalized spacial score (nSPS) is 11.6. The summed E-state index contributed by atoms with van der Waals surface area (Å²) in [6.45, 7) is 2.02. The van der Waals surface area contributed by atoms with Crippen LogP contribution in [0, 0.1) is 0 Å². The number of nitrogens with zero attached hydrogens (tertiary/aromatic N) is 2. The van der Waals surface area contributed by atoms with Gasteiger partial charge in [0.05, 0.1) is 0 Å². The maximum absolute atomic E-state index is 12.4. The number of alkyl halides is 3. The monoisotopic (exact) mass is 312 g/mol. The Labute approximate surface area is 125 Å². The largest absolute Gasteiger partial charge is 0.471 e. The second kappa shape index (κ2) is 6.72. The Morgan fingerprint density at radius 1 is 1.23 bits per heavy atom. The summed E-state index contributed by atoms with van der Waals surface area (Å²) in [6.07, 6.45) is -1.97. The zero-order chi connectivity index (χ0) is 16.2. The van der Waals surface area contributed by atoms with Gasteiger partial charge in [0.25, 0.3) is 0 Å². The first-order chi connectivity index (χ1) is 10.4. The number of carbonyl (C=O) groups is 1. The summed E-state index contributed by atoms with van der Waals surface area (Å²) in [5, 5.41) is 3.31. The molecule has 0 N–H and O–H groups in total. The van der Waals surface area contributed by atoms with Gasteiger partial charge < -0.3 is 4.52 Å². The molecule has 1 heterocycles. The zero-order valence-electron chi connectivity index (χ0n) is 12.0. The van der Waals surface area contributed by atoms with Gasteiger partial charge in [-0.1, -0.05) is 42.8 Å². The summed E-state index contributed by atoms with van der Waals surface area (Å²) in [6, 6.07) is 6.52. The third kappa shape index (κ3) is 4.16. The number of ketones is 1. The van der Waals surface area contributed by atoms with E-state index in [0.717, 1.165) is 18.4 Å². The van der Waals surface area contributed by atoms with Crippen LogP contribution < -0.4 is 0 Å². The predicted molar refractivity (Wildman–Crippen MR) is 73.0 cm³/mol. The maximum Gasteiger partial charge on any atom is 0.471 e. The van der Waals surface area contributed by atoms with Crippen LogP contribution in [-0.4, -0.2) is 15.9 Å². The van der Waals surface area contributed by atoms with Crippen LogP contribution in [-0.2, 0) is 17.4 Å². The molecule has 0 saturated carbocycles. The molecular formula is C15H15F3N2O2. The summed E-state index contributed by atoms with van der Waals surface area (Å²) in [7, 11) is 0. The molecule has 0 spiro atoms. The molecule has 0 aliphatic heterocycles. The van der Waals surface area contributed by atoms with Crippen molar-refractivity contribution in [2.24, 2.45) is 0 Å². The molecule has 0 bridgehead atoms. The molecule has 7 heteroatoms. The SMILES string of the molecule is CCCCC(=O)Cc1ccc(-c2noc(C(F)(F)F)n2)cc1. The molecule has 0 aliphatic carbocycles. The number of carbonyl (C=O) groups excluding carboxylic acids is 1. The first kappa shape index (κ1) is 16.2. The minimum atomic E-state index is -4.66. The molecule has 4 nitrogen and oxygen atoms in total. The highest BCUT2D eigenvalue weighted by Crippen LogP contribution is 2.29. The van der Waals surface area contributed by atoms with Crippen LogP contribution in [0.3, 0.4) is 0 Å². The van der Waals surface area contributed by atoms with Crippen LogP contribution in [0.4, 0.5) is 13.2 Å². The van der Waals surface area contributed by atoms with E-state index < -0.39 is 12.1 Å². The number of halogens is 3. The molecule has 0 radical (unpaired) electrons. The molecule has 118 valence electrons. The Bertz CT molecular complexity index is 633. The number of benzene rings is 1. The van der Waals surface area contributed by atoms with Crippen LogP contribution in [0.1, 0.15) is 37.6 Å². The number of Topliss-reactive ketones (excluding diaryl/α,β-unsaturated/α-hetero) is 1. The zero-order valence-corrected chi connectivity index (χ0v) is 12.0. The Kier molecular flexibility index (Phi) is 4.95. The van der Waals surface area contributed by atoms with Gasteiger partial charge in [-0.25, -0.2) is 0 Å². The summed E-state index contributed by atoms with van der Waals surface area (Å²) >= 11 is 0. The fraction of sp³-hybridized carbons (Fsp3) is 0.400. The molecule has 0 fully saturated rings. The molecular weight excluding hydrogens is 297 g/mol. The standard InChI is InChI=1S/C15H15F3N2O2/c1-2-3-4-12(21)9-10-5-7-11(8-6-10)13-19-14(22-20-13)15(16,17)18/h5-8H,2-4,9H2,1H3. The van der Waals surface area contributed by atoms with Crippen molar-refractivity contribution in [2.45, 2.75) is 38.8 Å². The van der Waals surface area contributed by atoms with E-state index >= 15 is 0 Å². The Morgan fingerprint density at radius 3 is 2.45 bits per heavy atom. The Balaban J connectivity index is 2.06. The number of unbranched alkanes of at least 4 members (excludes halogenated alkanes) is 1. The molecule has 22 heavy (non-hydrogen) atoms. The smallest absolute Gasteiger partial charge is 0.329 e. The molecule has 0 saturated heterocycles. The third-order valence-corrected chi connectivity index (χ3v) is 3.09. The van der Waals surface area contributed by atoms with E-state index in [1.165, 1.54) is 0 Å². The van der Waals surface area contributed by atoms with E-state index in [1.807, 2.05) is 6.92 Å². The van der Waals surface area contributed by atoms with Gasteiger partial charge in [0.1, 0.15) is 5.78 Å². The highest BCUT2D eigenvalue weighted by Gasteiger charge is 2.38. The van der Waals surface area contributed by atoms with E-state index in [1.54, 1.807) is 24.3 Å². The first-order valence-corrected chi connectivity index (χ1v) is 6.92. The predicted octanol–water partition coefficient (Wildman–Crippen LogP) is 4.06. The van der Waals surface area contributed by atoms with Gasteiger partial charge in [0, 0.05) is 18.4 Å². The van der Waals surface area contributed by atoms with E-state index in [-0.39, 0.29) is 11.6 Å². The van der Waals surface area contributed by atoms with E-state index in [0.29, 0.717) is 18.4 Å². The summed E-state index contributed by atoms with van der Waals surface area (Å²) in [4.78, 5) is 15.0. The van der Waals surface area contributed by atoms with Gasteiger partial charge in [-0.15, -0.1) is 0 Å². The summed E-state index contributed by atoms with van der Waals surface area (Å²) in [5.74, 6) is -1.36. The number of hydrogen-bond acceptors (Lipinski definition) is 4. The van der Waals surface area contributed by atoms with Crippen molar-refractivity contribution in [1.29, 1.82) is 0 Å². The van der Waals surface area contributed by atoms with E-state index in [9.17, 15) is 18.0 Å². The second-order valence-corrected chi connectivity index (χ2v) is 4.94. The van der Waals surface area contributed by atoms with Crippen LogP contribution in [0.15, 0.2) is 28.8 Å². The number of hydrogen-bond donors (Lipinski definition) is 0. The van der Waals surface area contributed by atoms with E-state index in [4.69, 9.17) is 0 Å². The minimum absolute atomic E-state index is 0.129. The average molecular weight is 312 g/mol. The minimum Gasteiger partial charge on any atom is -0.329 e. The summed E-state index contributed by atoms with van der Waals surface area (Å²) in [5.41, 5.74) is 1.22. The third-order valence-electron chi connectivity index (χ3n) is 3.09. The fourth-order valence-electron chi connectivity index (χ4n) is 1.92. The molecule has 1 aromatic carbocycles. The Hall–Kier alpha value is -2.18. The van der Waals surface area contributed by atoms with Crippen molar-refractivity contribution < 1.29 is 22.5 Å². The van der Waals surface area contributed by atoms with Crippen LogP contribution in [0.25, 0.3) is 11.4 Å². The van der Waals surface area contributed by atoms with Crippen molar-refractivity contribution in [1.82, 2.24) is 10.1 Å². The van der Waals surface area contributed by atoms with Crippen molar-refractivity contribution in [3.05, 3.63) is 35.7 Å². The van der Waals surface area contributed by atoms with E-state index in [2.05, 4.69) is 14.7 Å². The molecule has 0 unspecified atom stereocenters. The van der Waals surface area contributed by atoms with Crippen molar-refractivity contribution in [2.75, 3.05) is 0 Å². The first-order valence-electron chi connectivity index (χ1n) is 6.92. The lowest BCUT2D eigenvalue weighted by Crippen LogP contribution is -2.04. The van der Waals surface area contributed by atoms with Crippen molar-refractivity contribution in [3.63, 3.8) is 0 Å².